The summed E-state index contributed by atoms with van der Waals surface area (Å²) in [4.78, 5) is 11.2. The fourth-order valence-corrected chi connectivity index (χ4v) is 3.98. The maximum atomic E-state index is 11.9. The zero-order valence-electron chi connectivity index (χ0n) is 9.26. The first-order valence-corrected chi connectivity index (χ1v) is 7.90. The van der Waals surface area contributed by atoms with Crippen LogP contribution in [0, 0.1) is 0 Å². The Morgan fingerprint density at radius 2 is 1.87 bits per heavy atom. The van der Waals surface area contributed by atoms with Crippen molar-refractivity contribution in [2.45, 2.75) is 20.8 Å². The van der Waals surface area contributed by atoms with Crippen molar-refractivity contribution in [2.24, 2.45) is 0 Å². The third kappa shape index (κ3) is 6.90. The van der Waals surface area contributed by atoms with Crippen LogP contribution in [0.5, 0.6) is 0 Å². The van der Waals surface area contributed by atoms with Gasteiger partial charge >= 0.3 is 6.80 Å². The summed E-state index contributed by atoms with van der Waals surface area (Å²) in [6, 6.07) is 0. The highest BCUT2D eigenvalue weighted by atomic mass is 32.7. The molecule has 0 saturated carbocycles. The van der Waals surface area contributed by atoms with Crippen LogP contribution in [0.15, 0.2) is 12.2 Å². The van der Waals surface area contributed by atoms with Gasteiger partial charge in [-0.1, -0.05) is 6.08 Å². The molecular weight excluding hydrogens is 235 g/mol. The summed E-state index contributed by atoms with van der Waals surface area (Å²) in [5.74, 6) is 0.0175. The van der Waals surface area contributed by atoms with E-state index in [4.69, 9.17) is 9.05 Å². The van der Waals surface area contributed by atoms with Gasteiger partial charge in [-0.15, -0.1) is 0 Å². The smallest absolute Gasteiger partial charge is 0.301 e. The molecule has 0 heterocycles. The molecule has 0 bridgehead atoms. The first-order valence-electron chi connectivity index (χ1n) is 4.77. The Kier molecular flexibility index (Phi) is 8.06. The van der Waals surface area contributed by atoms with Crippen molar-refractivity contribution >= 4 is 24.0 Å². The Morgan fingerprint density at radius 3 is 2.27 bits per heavy atom. The van der Waals surface area contributed by atoms with Crippen LogP contribution < -0.4 is 0 Å². The van der Waals surface area contributed by atoms with Crippen molar-refractivity contribution in [3.63, 3.8) is 0 Å². The number of carbonyl (C=O) groups excluding carboxylic acids is 1. The summed E-state index contributed by atoms with van der Waals surface area (Å²) in [5, 5.41) is 0. The molecule has 0 aromatic rings. The lowest BCUT2D eigenvalue weighted by Crippen LogP contribution is -1.99. The molecule has 0 unspecified atom stereocenters. The molecule has 88 valence electrons. The van der Waals surface area contributed by atoms with E-state index < -0.39 is 6.80 Å². The number of hydrogen-bond donors (Lipinski definition) is 0. The molecule has 0 spiro atoms. The lowest BCUT2D eigenvalue weighted by atomic mass is 10.4. The van der Waals surface area contributed by atoms with Crippen molar-refractivity contribution in [3.05, 3.63) is 12.2 Å². The Labute approximate surface area is 94.7 Å². The Balaban J connectivity index is 4.17. The minimum atomic E-state index is -3.13. The van der Waals surface area contributed by atoms with Gasteiger partial charge in [0.1, 0.15) is 0 Å². The molecule has 0 radical (unpaired) electrons. The van der Waals surface area contributed by atoms with Crippen LogP contribution in [-0.2, 0) is 18.4 Å². The van der Waals surface area contributed by atoms with E-state index in [0.29, 0.717) is 13.2 Å². The predicted octanol–water partition coefficient (Wildman–Crippen LogP) is 3.05. The van der Waals surface area contributed by atoms with Gasteiger partial charge in [-0.05, 0) is 38.2 Å². The molecule has 4 nitrogen and oxygen atoms in total. The molecule has 0 aliphatic carbocycles. The SMILES string of the molecule is C/C=C/C(=O)CSP(=O)(OCC)OCC. The fourth-order valence-electron chi connectivity index (χ4n) is 0.805. The van der Waals surface area contributed by atoms with Crippen LogP contribution in [0.25, 0.3) is 0 Å². The maximum Gasteiger partial charge on any atom is 0.389 e. The third-order valence-electron chi connectivity index (χ3n) is 1.29. The standard InChI is InChI=1S/C9H17O4PS/c1-4-7-9(10)8-15-14(11,12-5-2)13-6-3/h4,7H,5-6,8H2,1-3H3/b7-4+. The average molecular weight is 252 g/mol. The molecule has 0 rings (SSSR count). The van der Waals surface area contributed by atoms with Gasteiger partial charge in [0.25, 0.3) is 0 Å². The number of hydrogen-bond acceptors (Lipinski definition) is 5. The summed E-state index contributed by atoms with van der Waals surface area (Å²) < 4.78 is 21.9. The molecule has 0 atom stereocenters. The molecule has 0 aliphatic heterocycles. The van der Waals surface area contributed by atoms with E-state index in [1.165, 1.54) is 6.08 Å². The van der Waals surface area contributed by atoms with Gasteiger partial charge in [0, 0.05) is 0 Å². The van der Waals surface area contributed by atoms with Gasteiger partial charge in [0.05, 0.1) is 19.0 Å². The van der Waals surface area contributed by atoms with E-state index in [0.717, 1.165) is 11.4 Å². The van der Waals surface area contributed by atoms with Gasteiger partial charge in [-0.3, -0.25) is 4.79 Å². The molecule has 0 fully saturated rings. The van der Waals surface area contributed by atoms with E-state index in [2.05, 4.69) is 0 Å². The topological polar surface area (TPSA) is 52.6 Å². The van der Waals surface area contributed by atoms with Crippen molar-refractivity contribution in [3.8, 4) is 0 Å². The number of carbonyl (C=O) groups is 1. The number of rotatable bonds is 8. The van der Waals surface area contributed by atoms with Crippen molar-refractivity contribution in [1.29, 1.82) is 0 Å². The predicted molar refractivity (Wildman–Crippen MR) is 63.1 cm³/mol. The third-order valence-corrected chi connectivity index (χ3v) is 5.14. The summed E-state index contributed by atoms with van der Waals surface area (Å²) in [7, 11) is 0. The monoisotopic (exact) mass is 252 g/mol. The first kappa shape index (κ1) is 14.9. The van der Waals surface area contributed by atoms with E-state index in [1.807, 2.05) is 0 Å². The minimum absolute atomic E-state index is 0.0952. The second kappa shape index (κ2) is 8.11. The van der Waals surface area contributed by atoms with Gasteiger partial charge in [-0.2, -0.15) is 0 Å². The first-order chi connectivity index (χ1) is 7.08. The maximum absolute atomic E-state index is 11.9. The highest BCUT2D eigenvalue weighted by Gasteiger charge is 2.25. The minimum Gasteiger partial charge on any atom is -0.301 e. The highest BCUT2D eigenvalue weighted by molar-refractivity contribution is 8.55. The van der Waals surface area contributed by atoms with Gasteiger partial charge < -0.3 is 9.05 Å². The Bertz CT molecular complexity index is 255. The van der Waals surface area contributed by atoms with Crippen molar-refractivity contribution in [2.75, 3.05) is 19.0 Å². The molecule has 15 heavy (non-hydrogen) atoms. The van der Waals surface area contributed by atoms with E-state index in [-0.39, 0.29) is 11.5 Å². The summed E-state index contributed by atoms with van der Waals surface area (Å²) in [5.41, 5.74) is 0. The van der Waals surface area contributed by atoms with Crippen LogP contribution in [0.2, 0.25) is 0 Å². The second-order valence-corrected chi connectivity index (χ2v) is 6.60. The van der Waals surface area contributed by atoms with E-state index >= 15 is 0 Å². The molecule has 0 saturated heterocycles. The van der Waals surface area contributed by atoms with Crippen LogP contribution >= 0.6 is 18.2 Å². The zero-order chi connectivity index (χ0) is 11.7. The van der Waals surface area contributed by atoms with Crippen LogP contribution in [0.4, 0.5) is 0 Å². The Morgan fingerprint density at radius 1 is 1.33 bits per heavy atom. The molecular formula is C9H17O4PS. The largest absolute Gasteiger partial charge is 0.389 e. The van der Waals surface area contributed by atoms with Gasteiger partial charge in [0.2, 0.25) is 0 Å². The Hall–Kier alpha value is -0.0900. The molecule has 6 heteroatoms. The zero-order valence-corrected chi connectivity index (χ0v) is 11.0. The number of allylic oxidation sites excluding steroid dienone is 2. The van der Waals surface area contributed by atoms with E-state index in [1.54, 1.807) is 26.8 Å². The van der Waals surface area contributed by atoms with Crippen LogP contribution in [0.3, 0.4) is 0 Å². The van der Waals surface area contributed by atoms with Crippen LogP contribution in [0.1, 0.15) is 20.8 Å². The quantitative estimate of drug-likeness (QED) is 0.491. The van der Waals surface area contributed by atoms with Crippen LogP contribution in [-0.4, -0.2) is 24.7 Å². The lowest BCUT2D eigenvalue weighted by molar-refractivity contribution is -0.112. The molecule has 0 aromatic carbocycles. The van der Waals surface area contributed by atoms with Gasteiger partial charge in [-0.25, -0.2) is 4.57 Å². The van der Waals surface area contributed by atoms with E-state index in [9.17, 15) is 9.36 Å². The summed E-state index contributed by atoms with van der Waals surface area (Å²) >= 11 is 0.931. The molecule has 0 aliphatic rings. The van der Waals surface area contributed by atoms with Crippen molar-refractivity contribution < 1.29 is 18.4 Å². The van der Waals surface area contributed by atoms with Gasteiger partial charge in [0.15, 0.2) is 5.78 Å². The molecule has 0 N–H and O–H groups in total. The second-order valence-electron chi connectivity index (χ2n) is 2.52. The lowest BCUT2D eigenvalue weighted by Gasteiger charge is -2.14. The summed E-state index contributed by atoms with van der Waals surface area (Å²) in [6.45, 7) is 2.71. The number of ketones is 1. The highest BCUT2D eigenvalue weighted by Crippen LogP contribution is 2.60. The fraction of sp³-hybridized carbons (Fsp3) is 0.667. The normalized spacial score (nSPS) is 12.2. The average Bonchev–Trinajstić information content (AvgIpc) is 2.16. The molecule has 0 amide bonds. The summed E-state index contributed by atoms with van der Waals surface area (Å²) in [6.07, 6.45) is 3.09. The molecule has 0 aromatic heterocycles. The van der Waals surface area contributed by atoms with Crippen molar-refractivity contribution in [1.82, 2.24) is 0 Å².